The van der Waals surface area contributed by atoms with Crippen LogP contribution in [0.4, 0.5) is 0 Å². The Hall–Kier alpha value is -1.35. The zero-order chi connectivity index (χ0) is 13.5. The molecule has 1 atom stereocenters. The second kappa shape index (κ2) is 7.17. The van der Waals surface area contributed by atoms with Crippen LogP contribution in [0.1, 0.15) is 43.1 Å². The average molecular weight is 249 g/mol. The molecule has 1 aromatic rings. The van der Waals surface area contributed by atoms with Crippen molar-refractivity contribution in [1.29, 1.82) is 0 Å². The first-order valence-corrected chi connectivity index (χ1v) is 6.58. The fraction of sp³-hybridized carbons (Fsp3) is 0.533. The number of nitrogens with one attached hydrogen (secondary N) is 1. The van der Waals surface area contributed by atoms with Crippen molar-refractivity contribution in [1.82, 2.24) is 5.32 Å². The van der Waals surface area contributed by atoms with Crippen LogP contribution >= 0.6 is 0 Å². The van der Waals surface area contributed by atoms with Gasteiger partial charge in [-0.25, -0.2) is 0 Å². The number of hydrogen-bond donors (Lipinski definition) is 2. The summed E-state index contributed by atoms with van der Waals surface area (Å²) >= 11 is 0. The zero-order valence-corrected chi connectivity index (χ0v) is 11.4. The molecule has 1 unspecified atom stereocenters. The SMILES string of the molecule is CCc1ccccc1C(=O)NC(CO)CC(C)C. The van der Waals surface area contributed by atoms with Crippen LogP contribution < -0.4 is 5.32 Å². The van der Waals surface area contributed by atoms with E-state index in [1.807, 2.05) is 31.2 Å². The van der Waals surface area contributed by atoms with Crippen molar-refractivity contribution < 1.29 is 9.90 Å². The van der Waals surface area contributed by atoms with Gasteiger partial charge in [-0.2, -0.15) is 0 Å². The Labute approximate surface area is 109 Å². The van der Waals surface area contributed by atoms with E-state index in [1.54, 1.807) is 0 Å². The summed E-state index contributed by atoms with van der Waals surface area (Å²) < 4.78 is 0. The van der Waals surface area contributed by atoms with E-state index < -0.39 is 0 Å². The number of carbonyl (C=O) groups excluding carboxylic acids is 1. The van der Waals surface area contributed by atoms with Gasteiger partial charge in [-0.05, 0) is 30.4 Å². The Morgan fingerprint density at radius 1 is 1.33 bits per heavy atom. The minimum absolute atomic E-state index is 0.0157. The van der Waals surface area contributed by atoms with Gasteiger partial charge in [-0.1, -0.05) is 39.0 Å². The number of hydrogen-bond acceptors (Lipinski definition) is 2. The lowest BCUT2D eigenvalue weighted by molar-refractivity contribution is 0.0907. The highest BCUT2D eigenvalue weighted by Crippen LogP contribution is 2.11. The Morgan fingerprint density at radius 3 is 2.56 bits per heavy atom. The molecule has 0 spiro atoms. The summed E-state index contributed by atoms with van der Waals surface area (Å²) in [5, 5.41) is 12.2. The molecule has 3 nitrogen and oxygen atoms in total. The van der Waals surface area contributed by atoms with Crippen LogP contribution in [-0.4, -0.2) is 23.7 Å². The predicted molar refractivity (Wildman–Crippen MR) is 73.6 cm³/mol. The predicted octanol–water partition coefficient (Wildman–Crippen LogP) is 2.39. The number of aliphatic hydroxyl groups is 1. The number of rotatable bonds is 6. The minimum atomic E-state index is -0.164. The van der Waals surface area contributed by atoms with E-state index in [0.717, 1.165) is 18.4 Å². The van der Waals surface area contributed by atoms with Gasteiger partial charge in [0.2, 0.25) is 0 Å². The van der Waals surface area contributed by atoms with E-state index >= 15 is 0 Å². The summed E-state index contributed by atoms with van der Waals surface area (Å²) in [4.78, 5) is 12.2. The molecule has 0 saturated carbocycles. The first kappa shape index (κ1) is 14.7. The second-order valence-corrected chi connectivity index (χ2v) is 4.99. The van der Waals surface area contributed by atoms with Crippen molar-refractivity contribution in [3.63, 3.8) is 0 Å². The lowest BCUT2D eigenvalue weighted by atomic mass is 10.0. The van der Waals surface area contributed by atoms with Crippen molar-refractivity contribution in [3.8, 4) is 0 Å². The van der Waals surface area contributed by atoms with Crippen molar-refractivity contribution in [2.24, 2.45) is 5.92 Å². The molecule has 0 saturated heterocycles. The standard InChI is InChI=1S/C15H23NO2/c1-4-12-7-5-6-8-14(12)15(18)16-13(10-17)9-11(2)3/h5-8,11,13,17H,4,9-10H2,1-3H3,(H,16,18). The molecule has 0 aromatic heterocycles. The molecular weight excluding hydrogens is 226 g/mol. The quantitative estimate of drug-likeness (QED) is 0.813. The number of amides is 1. The lowest BCUT2D eigenvalue weighted by Gasteiger charge is -2.19. The molecular formula is C15H23NO2. The molecule has 0 aliphatic carbocycles. The van der Waals surface area contributed by atoms with Gasteiger partial charge in [0.15, 0.2) is 0 Å². The van der Waals surface area contributed by atoms with Gasteiger partial charge < -0.3 is 10.4 Å². The van der Waals surface area contributed by atoms with Crippen molar-refractivity contribution in [3.05, 3.63) is 35.4 Å². The summed E-state index contributed by atoms with van der Waals surface area (Å²) in [5.74, 6) is 0.357. The van der Waals surface area contributed by atoms with Gasteiger partial charge in [0.1, 0.15) is 0 Å². The van der Waals surface area contributed by atoms with Crippen LogP contribution in [0.2, 0.25) is 0 Å². The van der Waals surface area contributed by atoms with E-state index in [0.29, 0.717) is 11.5 Å². The summed E-state index contributed by atoms with van der Waals surface area (Å²) in [6, 6.07) is 7.43. The molecule has 1 amide bonds. The Balaban J connectivity index is 2.74. The van der Waals surface area contributed by atoms with Crippen LogP contribution in [0, 0.1) is 5.92 Å². The van der Waals surface area contributed by atoms with Crippen LogP contribution in [0.3, 0.4) is 0 Å². The summed E-state index contributed by atoms with van der Waals surface area (Å²) in [6.07, 6.45) is 1.62. The number of aryl methyl sites for hydroxylation is 1. The van der Waals surface area contributed by atoms with E-state index in [9.17, 15) is 9.90 Å². The maximum atomic E-state index is 12.2. The average Bonchev–Trinajstić information content (AvgIpc) is 2.37. The third-order valence-electron chi connectivity index (χ3n) is 2.95. The largest absolute Gasteiger partial charge is 0.394 e. The first-order chi connectivity index (χ1) is 8.58. The third-order valence-corrected chi connectivity index (χ3v) is 2.95. The smallest absolute Gasteiger partial charge is 0.251 e. The molecule has 0 aliphatic rings. The maximum Gasteiger partial charge on any atom is 0.251 e. The number of benzene rings is 1. The molecule has 3 heteroatoms. The lowest BCUT2D eigenvalue weighted by Crippen LogP contribution is -2.38. The van der Waals surface area contributed by atoms with Crippen molar-refractivity contribution in [2.45, 2.75) is 39.7 Å². The highest BCUT2D eigenvalue weighted by Gasteiger charge is 2.15. The molecule has 18 heavy (non-hydrogen) atoms. The topological polar surface area (TPSA) is 49.3 Å². The highest BCUT2D eigenvalue weighted by molar-refractivity contribution is 5.95. The molecule has 0 aliphatic heterocycles. The summed E-state index contributed by atoms with van der Waals surface area (Å²) in [5.41, 5.74) is 1.75. The van der Waals surface area contributed by atoms with Gasteiger partial charge in [0.05, 0.1) is 12.6 Å². The Bertz CT molecular complexity index is 388. The van der Waals surface area contributed by atoms with E-state index in [4.69, 9.17) is 0 Å². The van der Waals surface area contributed by atoms with Crippen LogP contribution in [0.5, 0.6) is 0 Å². The molecule has 100 valence electrons. The van der Waals surface area contributed by atoms with Crippen LogP contribution in [-0.2, 0) is 6.42 Å². The van der Waals surface area contributed by atoms with E-state index in [-0.39, 0.29) is 18.6 Å². The monoisotopic (exact) mass is 249 g/mol. The number of aliphatic hydroxyl groups excluding tert-OH is 1. The number of carbonyl (C=O) groups is 1. The minimum Gasteiger partial charge on any atom is -0.394 e. The first-order valence-electron chi connectivity index (χ1n) is 6.58. The summed E-state index contributed by atoms with van der Waals surface area (Å²) in [7, 11) is 0. The molecule has 0 heterocycles. The van der Waals surface area contributed by atoms with Crippen molar-refractivity contribution in [2.75, 3.05) is 6.61 Å². The molecule has 1 aromatic carbocycles. The molecule has 2 N–H and O–H groups in total. The van der Waals surface area contributed by atoms with Gasteiger partial charge >= 0.3 is 0 Å². The summed E-state index contributed by atoms with van der Waals surface area (Å²) in [6.45, 7) is 6.17. The Morgan fingerprint density at radius 2 is 2.00 bits per heavy atom. The fourth-order valence-corrected chi connectivity index (χ4v) is 2.06. The molecule has 0 bridgehead atoms. The van der Waals surface area contributed by atoms with Gasteiger partial charge in [-0.3, -0.25) is 4.79 Å². The van der Waals surface area contributed by atoms with Crippen LogP contribution in [0.25, 0.3) is 0 Å². The molecule has 1 rings (SSSR count). The third kappa shape index (κ3) is 4.15. The molecule has 0 fully saturated rings. The second-order valence-electron chi connectivity index (χ2n) is 4.99. The zero-order valence-electron chi connectivity index (χ0n) is 11.4. The fourth-order valence-electron chi connectivity index (χ4n) is 2.06. The van der Waals surface area contributed by atoms with E-state index in [1.165, 1.54) is 0 Å². The maximum absolute atomic E-state index is 12.2. The van der Waals surface area contributed by atoms with Crippen LogP contribution in [0.15, 0.2) is 24.3 Å². The van der Waals surface area contributed by atoms with E-state index in [2.05, 4.69) is 19.2 Å². The highest BCUT2D eigenvalue weighted by atomic mass is 16.3. The molecule has 0 radical (unpaired) electrons. The Kier molecular flexibility index (Phi) is 5.86. The van der Waals surface area contributed by atoms with Gasteiger partial charge in [0, 0.05) is 5.56 Å². The normalized spacial score (nSPS) is 12.5. The van der Waals surface area contributed by atoms with Gasteiger partial charge in [0.25, 0.3) is 5.91 Å². The van der Waals surface area contributed by atoms with Gasteiger partial charge in [-0.15, -0.1) is 0 Å². The van der Waals surface area contributed by atoms with Crippen molar-refractivity contribution >= 4 is 5.91 Å².